The molecule has 1 atom stereocenters. The molecule has 1 amide bonds. The van der Waals surface area contributed by atoms with Crippen LogP contribution in [0.25, 0.3) is 0 Å². The normalized spacial score (nSPS) is 11.5. The summed E-state index contributed by atoms with van der Waals surface area (Å²) < 4.78 is 5.15. The SMILES string of the molecule is COc1ccccc1NC(=O)CC([NH2+]Cc1cccnc1)C(=O)[O-]. The van der Waals surface area contributed by atoms with Gasteiger partial charge in [0.05, 0.1) is 25.2 Å². The van der Waals surface area contributed by atoms with Gasteiger partial charge in [0.2, 0.25) is 5.91 Å². The van der Waals surface area contributed by atoms with E-state index in [0.717, 1.165) is 5.56 Å². The second-order valence-electron chi connectivity index (χ2n) is 5.18. The number of anilines is 1. The van der Waals surface area contributed by atoms with Crippen molar-refractivity contribution in [2.45, 2.75) is 19.0 Å². The van der Waals surface area contributed by atoms with Gasteiger partial charge >= 0.3 is 0 Å². The third kappa shape index (κ3) is 5.06. The number of para-hydroxylation sites is 2. The lowest BCUT2D eigenvalue weighted by Gasteiger charge is -2.17. The van der Waals surface area contributed by atoms with E-state index in [1.54, 1.807) is 48.0 Å². The predicted octanol–water partition coefficient (Wildman–Crippen LogP) is -0.699. The molecule has 126 valence electrons. The van der Waals surface area contributed by atoms with Crippen LogP contribution in [0.1, 0.15) is 12.0 Å². The Kier molecular flexibility index (Phi) is 6.27. The van der Waals surface area contributed by atoms with Crippen molar-refractivity contribution in [2.75, 3.05) is 12.4 Å². The van der Waals surface area contributed by atoms with E-state index in [1.165, 1.54) is 7.11 Å². The lowest BCUT2D eigenvalue weighted by molar-refractivity contribution is -0.697. The Balaban J connectivity index is 1.94. The highest BCUT2D eigenvalue weighted by Gasteiger charge is 2.19. The Morgan fingerprint density at radius 2 is 2.08 bits per heavy atom. The molecule has 2 aromatic rings. The van der Waals surface area contributed by atoms with Crippen LogP contribution in [0.15, 0.2) is 48.8 Å². The maximum absolute atomic E-state index is 12.1. The average molecular weight is 329 g/mol. The zero-order chi connectivity index (χ0) is 17.4. The van der Waals surface area contributed by atoms with E-state index in [0.29, 0.717) is 18.0 Å². The maximum Gasteiger partial charge on any atom is 0.230 e. The smallest absolute Gasteiger partial charge is 0.230 e. The molecule has 0 bridgehead atoms. The number of hydrogen-bond donors (Lipinski definition) is 2. The standard InChI is InChI=1S/C17H19N3O4/c1-24-15-7-3-2-6-13(15)20-16(21)9-14(17(22)23)19-11-12-5-4-8-18-10-12/h2-8,10,14,19H,9,11H2,1H3,(H,20,21)(H,22,23). The van der Waals surface area contributed by atoms with Gasteiger partial charge in [-0.25, -0.2) is 0 Å². The minimum Gasteiger partial charge on any atom is -0.544 e. The van der Waals surface area contributed by atoms with Crippen LogP contribution >= 0.6 is 0 Å². The van der Waals surface area contributed by atoms with Crippen LogP contribution in [-0.2, 0) is 16.1 Å². The number of amides is 1. The molecule has 1 aromatic carbocycles. The monoisotopic (exact) mass is 329 g/mol. The number of carboxylic acids is 1. The number of nitrogens with one attached hydrogen (secondary N) is 1. The van der Waals surface area contributed by atoms with Gasteiger partial charge in [-0.2, -0.15) is 0 Å². The van der Waals surface area contributed by atoms with E-state index < -0.39 is 17.9 Å². The summed E-state index contributed by atoms with van der Waals surface area (Å²) in [7, 11) is 1.50. The lowest BCUT2D eigenvalue weighted by atomic mass is 10.1. The van der Waals surface area contributed by atoms with Gasteiger partial charge in [0.25, 0.3) is 0 Å². The molecule has 24 heavy (non-hydrogen) atoms. The van der Waals surface area contributed by atoms with Crippen molar-refractivity contribution < 1.29 is 24.7 Å². The third-order valence-corrected chi connectivity index (χ3v) is 3.45. The molecule has 0 aliphatic heterocycles. The van der Waals surface area contributed by atoms with Crippen LogP contribution in [0.4, 0.5) is 5.69 Å². The lowest BCUT2D eigenvalue weighted by Crippen LogP contribution is -2.92. The fourth-order valence-electron chi connectivity index (χ4n) is 2.21. The number of carbonyl (C=O) groups excluding carboxylic acids is 2. The van der Waals surface area contributed by atoms with Gasteiger partial charge < -0.3 is 25.3 Å². The Morgan fingerprint density at radius 3 is 2.75 bits per heavy atom. The summed E-state index contributed by atoms with van der Waals surface area (Å²) in [6.07, 6.45) is 3.08. The first kappa shape index (κ1) is 17.4. The molecule has 0 saturated heterocycles. The molecule has 0 fully saturated rings. The summed E-state index contributed by atoms with van der Waals surface area (Å²) in [4.78, 5) is 27.4. The molecule has 0 radical (unpaired) electrons. The van der Waals surface area contributed by atoms with Crippen LogP contribution in [0.2, 0.25) is 0 Å². The number of rotatable bonds is 8. The summed E-state index contributed by atoms with van der Waals surface area (Å²) in [5.74, 6) is -1.19. The number of nitrogens with zero attached hydrogens (tertiary/aromatic N) is 1. The topological polar surface area (TPSA) is 108 Å². The van der Waals surface area contributed by atoms with Crippen molar-refractivity contribution >= 4 is 17.6 Å². The van der Waals surface area contributed by atoms with E-state index in [4.69, 9.17) is 4.74 Å². The summed E-state index contributed by atoms with van der Waals surface area (Å²) in [6.45, 7) is 0.397. The first-order valence-electron chi connectivity index (χ1n) is 7.46. The van der Waals surface area contributed by atoms with Crippen molar-refractivity contribution in [3.63, 3.8) is 0 Å². The van der Waals surface area contributed by atoms with Crippen molar-refractivity contribution in [1.82, 2.24) is 4.98 Å². The number of quaternary nitrogens is 1. The number of pyridine rings is 1. The molecule has 1 unspecified atom stereocenters. The average Bonchev–Trinajstić information content (AvgIpc) is 2.59. The van der Waals surface area contributed by atoms with Crippen molar-refractivity contribution in [3.05, 3.63) is 54.4 Å². The first-order chi connectivity index (χ1) is 11.6. The molecule has 0 aliphatic carbocycles. The summed E-state index contributed by atoms with van der Waals surface area (Å²) in [5, 5.41) is 15.5. The second kappa shape index (κ2) is 8.64. The van der Waals surface area contributed by atoms with Gasteiger partial charge in [-0.15, -0.1) is 0 Å². The van der Waals surface area contributed by atoms with E-state index in [-0.39, 0.29) is 6.42 Å². The fourth-order valence-corrected chi connectivity index (χ4v) is 2.21. The maximum atomic E-state index is 12.1. The van der Waals surface area contributed by atoms with Crippen LogP contribution in [0.5, 0.6) is 5.75 Å². The number of aromatic nitrogens is 1. The van der Waals surface area contributed by atoms with Crippen molar-refractivity contribution in [1.29, 1.82) is 0 Å². The van der Waals surface area contributed by atoms with Gasteiger partial charge in [0.15, 0.2) is 0 Å². The summed E-state index contributed by atoms with van der Waals surface area (Å²) >= 11 is 0. The minimum atomic E-state index is -1.28. The summed E-state index contributed by atoms with van der Waals surface area (Å²) in [5.41, 5.74) is 1.36. The van der Waals surface area contributed by atoms with Crippen LogP contribution in [0, 0.1) is 0 Å². The molecular weight excluding hydrogens is 310 g/mol. The van der Waals surface area contributed by atoms with Crippen molar-refractivity contribution in [2.24, 2.45) is 0 Å². The second-order valence-corrected chi connectivity index (χ2v) is 5.18. The number of nitrogens with two attached hydrogens (primary N) is 1. The Hall–Kier alpha value is -2.93. The molecule has 7 heteroatoms. The molecule has 0 saturated carbocycles. The van der Waals surface area contributed by atoms with Crippen molar-refractivity contribution in [3.8, 4) is 5.75 Å². The quantitative estimate of drug-likeness (QED) is 0.666. The number of carbonyl (C=O) groups is 2. The van der Waals surface area contributed by atoms with Gasteiger partial charge in [-0.3, -0.25) is 9.78 Å². The highest BCUT2D eigenvalue weighted by molar-refractivity contribution is 5.94. The molecule has 1 heterocycles. The largest absolute Gasteiger partial charge is 0.544 e. The molecule has 3 N–H and O–H groups in total. The van der Waals surface area contributed by atoms with Gasteiger partial charge in [-0.05, 0) is 18.2 Å². The molecular formula is C17H19N3O4. The Bertz CT molecular complexity index is 691. The number of aliphatic carboxylic acids is 1. The number of hydrogen-bond acceptors (Lipinski definition) is 5. The molecule has 0 spiro atoms. The van der Waals surface area contributed by atoms with Crippen LogP contribution < -0.4 is 20.5 Å². The number of ether oxygens (including phenoxy) is 1. The highest BCUT2D eigenvalue weighted by Crippen LogP contribution is 2.23. The van der Waals surface area contributed by atoms with E-state index in [1.807, 2.05) is 6.07 Å². The van der Waals surface area contributed by atoms with Gasteiger partial charge in [0.1, 0.15) is 18.3 Å². The number of carboxylic acid groups (broad SMARTS) is 1. The van der Waals surface area contributed by atoms with E-state index >= 15 is 0 Å². The zero-order valence-electron chi connectivity index (χ0n) is 13.3. The van der Waals surface area contributed by atoms with E-state index in [2.05, 4.69) is 10.3 Å². The zero-order valence-corrected chi connectivity index (χ0v) is 13.3. The highest BCUT2D eigenvalue weighted by atomic mass is 16.5. The Morgan fingerprint density at radius 1 is 1.29 bits per heavy atom. The predicted molar refractivity (Wildman–Crippen MR) is 84.9 cm³/mol. The Labute approximate surface area is 139 Å². The van der Waals surface area contributed by atoms with Crippen LogP contribution in [0.3, 0.4) is 0 Å². The molecule has 2 rings (SSSR count). The van der Waals surface area contributed by atoms with Crippen LogP contribution in [-0.4, -0.2) is 30.0 Å². The number of benzene rings is 1. The summed E-state index contributed by atoms with van der Waals surface area (Å²) in [6, 6.07) is 9.55. The van der Waals surface area contributed by atoms with E-state index in [9.17, 15) is 14.7 Å². The molecule has 0 aliphatic rings. The molecule has 7 nitrogen and oxygen atoms in total. The number of methoxy groups -OCH3 is 1. The van der Waals surface area contributed by atoms with Gasteiger partial charge in [-0.1, -0.05) is 18.2 Å². The first-order valence-corrected chi connectivity index (χ1v) is 7.46. The minimum absolute atomic E-state index is 0.208. The third-order valence-electron chi connectivity index (χ3n) is 3.45. The molecule has 1 aromatic heterocycles. The fraction of sp³-hybridized carbons (Fsp3) is 0.235. The van der Waals surface area contributed by atoms with Gasteiger partial charge in [0, 0.05) is 18.0 Å².